The van der Waals surface area contributed by atoms with Crippen molar-refractivity contribution >= 4 is 17.1 Å². The van der Waals surface area contributed by atoms with Crippen LogP contribution in [0.25, 0.3) is 0 Å². The Morgan fingerprint density at radius 1 is 1.60 bits per heavy atom. The Morgan fingerprint density at radius 3 is 3.13 bits per heavy atom. The van der Waals surface area contributed by atoms with Crippen LogP contribution in [0.1, 0.15) is 48.7 Å². The monoisotopic (exact) mass is 223 g/mol. The lowest BCUT2D eigenvalue weighted by Gasteiger charge is -2.26. The first-order valence-corrected chi connectivity index (χ1v) is 6.62. The summed E-state index contributed by atoms with van der Waals surface area (Å²) in [5.41, 5.74) is 1.74. The molecule has 2 unspecified atom stereocenters. The molecular formula is C12H17NOS. The highest BCUT2D eigenvalue weighted by Gasteiger charge is 2.27. The molecule has 0 aromatic carbocycles. The molecule has 1 aromatic rings. The number of carbonyl (C=O) groups excluding carboxylic acids is 1. The fourth-order valence-electron chi connectivity index (χ4n) is 2.44. The zero-order chi connectivity index (χ0) is 10.7. The number of rotatable bonds is 3. The van der Waals surface area contributed by atoms with Crippen LogP contribution in [-0.2, 0) is 0 Å². The molecule has 1 fully saturated rings. The summed E-state index contributed by atoms with van der Waals surface area (Å²) in [5, 5.41) is 0. The van der Waals surface area contributed by atoms with Crippen molar-refractivity contribution in [2.75, 3.05) is 0 Å². The van der Waals surface area contributed by atoms with Gasteiger partial charge in [0.25, 0.3) is 0 Å². The third-order valence-electron chi connectivity index (χ3n) is 3.41. The Morgan fingerprint density at radius 2 is 2.47 bits per heavy atom. The van der Waals surface area contributed by atoms with E-state index in [0.29, 0.717) is 5.78 Å². The first-order valence-electron chi connectivity index (χ1n) is 5.74. The van der Waals surface area contributed by atoms with Gasteiger partial charge in [-0.2, -0.15) is 0 Å². The molecule has 3 heteroatoms. The maximum absolute atomic E-state index is 12.1. The van der Waals surface area contributed by atoms with Crippen LogP contribution in [0.5, 0.6) is 0 Å². The van der Waals surface area contributed by atoms with Crippen LogP contribution >= 0.6 is 11.3 Å². The number of nitrogens with zero attached hydrogens (tertiary/aromatic N) is 1. The maximum Gasteiger partial charge on any atom is 0.177 e. The SMILES string of the molecule is CCC1CCCC(C(=O)c2cncs2)C1. The van der Waals surface area contributed by atoms with Crippen molar-refractivity contribution in [3.05, 3.63) is 16.6 Å². The molecular weight excluding hydrogens is 206 g/mol. The van der Waals surface area contributed by atoms with Crippen LogP contribution in [-0.4, -0.2) is 10.8 Å². The minimum absolute atomic E-state index is 0.268. The van der Waals surface area contributed by atoms with Crippen molar-refractivity contribution in [3.8, 4) is 0 Å². The van der Waals surface area contributed by atoms with Crippen LogP contribution in [0.3, 0.4) is 0 Å². The second-order valence-corrected chi connectivity index (χ2v) is 5.25. The molecule has 0 radical (unpaired) electrons. The summed E-state index contributed by atoms with van der Waals surface area (Å²) in [6, 6.07) is 0. The Bertz CT molecular complexity index is 320. The average molecular weight is 223 g/mol. The van der Waals surface area contributed by atoms with E-state index in [2.05, 4.69) is 11.9 Å². The van der Waals surface area contributed by atoms with Gasteiger partial charge in [-0.05, 0) is 18.8 Å². The van der Waals surface area contributed by atoms with Crippen LogP contribution in [0.15, 0.2) is 11.7 Å². The molecule has 2 atom stereocenters. The average Bonchev–Trinajstić information content (AvgIpc) is 2.81. The van der Waals surface area contributed by atoms with Crippen molar-refractivity contribution in [2.45, 2.75) is 39.0 Å². The van der Waals surface area contributed by atoms with Gasteiger partial charge < -0.3 is 0 Å². The molecule has 1 heterocycles. The van der Waals surface area contributed by atoms with Crippen molar-refractivity contribution in [2.24, 2.45) is 11.8 Å². The van der Waals surface area contributed by atoms with Gasteiger partial charge in [0, 0.05) is 12.1 Å². The Balaban J connectivity index is 2.01. The van der Waals surface area contributed by atoms with E-state index in [1.807, 2.05) is 0 Å². The summed E-state index contributed by atoms with van der Waals surface area (Å²) < 4.78 is 0. The summed E-state index contributed by atoms with van der Waals surface area (Å²) in [6.07, 6.45) is 7.62. The van der Waals surface area contributed by atoms with Crippen molar-refractivity contribution < 1.29 is 4.79 Å². The molecule has 0 saturated heterocycles. The normalized spacial score (nSPS) is 26.5. The topological polar surface area (TPSA) is 30.0 Å². The molecule has 2 nitrogen and oxygen atoms in total. The predicted molar refractivity (Wildman–Crippen MR) is 62.2 cm³/mol. The molecule has 0 spiro atoms. The van der Waals surface area contributed by atoms with E-state index < -0.39 is 0 Å². The number of aromatic nitrogens is 1. The predicted octanol–water partition coefficient (Wildman–Crippen LogP) is 3.54. The lowest BCUT2D eigenvalue weighted by molar-refractivity contribution is 0.0866. The number of thiazole rings is 1. The number of Topliss-reactive ketones (excluding diaryl/α,β-unsaturated/α-hetero) is 1. The minimum Gasteiger partial charge on any atom is -0.293 e. The first kappa shape index (κ1) is 10.8. The number of hydrogen-bond acceptors (Lipinski definition) is 3. The van der Waals surface area contributed by atoms with Crippen LogP contribution in [0, 0.1) is 11.8 Å². The van der Waals surface area contributed by atoms with E-state index in [1.54, 1.807) is 11.7 Å². The molecule has 15 heavy (non-hydrogen) atoms. The van der Waals surface area contributed by atoms with E-state index in [9.17, 15) is 4.79 Å². The highest BCUT2D eigenvalue weighted by Crippen LogP contribution is 2.33. The highest BCUT2D eigenvalue weighted by molar-refractivity contribution is 7.11. The fourth-order valence-corrected chi connectivity index (χ4v) is 3.08. The zero-order valence-corrected chi connectivity index (χ0v) is 9.93. The second kappa shape index (κ2) is 4.88. The number of ketones is 1. The summed E-state index contributed by atoms with van der Waals surface area (Å²) in [6.45, 7) is 2.23. The van der Waals surface area contributed by atoms with E-state index in [0.717, 1.165) is 23.6 Å². The summed E-state index contributed by atoms with van der Waals surface area (Å²) in [5.74, 6) is 1.36. The molecule has 1 saturated carbocycles. The quantitative estimate of drug-likeness (QED) is 0.734. The minimum atomic E-state index is 0.268. The van der Waals surface area contributed by atoms with Gasteiger partial charge in [0.15, 0.2) is 5.78 Å². The van der Waals surface area contributed by atoms with Gasteiger partial charge in [-0.25, -0.2) is 0 Å². The Labute approximate surface area is 94.7 Å². The molecule has 0 bridgehead atoms. The van der Waals surface area contributed by atoms with Gasteiger partial charge in [-0.15, -0.1) is 11.3 Å². The van der Waals surface area contributed by atoms with Gasteiger partial charge in [0.1, 0.15) is 0 Å². The molecule has 1 aliphatic rings. The van der Waals surface area contributed by atoms with Crippen molar-refractivity contribution in [3.63, 3.8) is 0 Å². The molecule has 82 valence electrons. The van der Waals surface area contributed by atoms with Gasteiger partial charge in [0.05, 0.1) is 10.4 Å². The smallest absolute Gasteiger partial charge is 0.177 e. The molecule has 0 aliphatic heterocycles. The molecule has 1 aromatic heterocycles. The maximum atomic E-state index is 12.1. The first-order chi connectivity index (χ1) is 7.31. The van der Waals surface area contributed by atoms with Crippen molar-refractivity contribution in [1.82, 2.24) is 4.98 Å². The lowest BCUT2D eigenvalue weighted by Crippen LogP contribution is -2.22. The molecule has 0 amide bonds. The van der Waals surface area contributed by atoms with E-state index >= 15 is 0 Å². The largest absolute Gasteiger partial charge is 0.293 e. The third-order valence-corrected chi connectivity index (χ3v) is 4.19. The molecule has 0 N–H and O–H groups in total. The van der Waals surface area contributed by atoms with Crippen LogP contribution < -0.4 is 0 Å². The third kappa shape index (κ3) is 2.46. The van der Waals surface area contributed by atoms with Gasteiger partial charge in [-0.3, -0.25) is 9.78 Å². The standard InChI is InChI=1S/C12H17NOS/c1-2-9-4-3-5-10(6-9)12(14)11-7-13-8-15-11/h7-10H,2-6H2,1H3. The van der Waals surface area contributed by atoms with Gasteiger partial charge >= 0.3 is 0 Å². The molecule has 1 aliphatic carbocycles. The van der Waals surface area contributed by atoms with Crippen molar-refractivity contribution in [1.29, 1.82) is 0 Å². The molecule has 2 rings (SSSR count). The summed E-state index contributed by atoms with van der Waals surface area (Å²) >= 11 is 1.47. The summed E-state index contributed by atoms with van der Waals surface area (Å²) in [4.78, 5) is 16.9. The Hall–Kier alpha value is -0.700. The van der Waals surface area contributed by atoms with E-state index in [4.69, 9.17) is 0 Å². The van der Waals surface area contributed by atoms with E-state index in [1.165, 1.54) is 30.6 Å². The van der Waals surface area contributed by atoms with Gasteiger partial charge in [0.2, 0.25) is 0 Å². The van der Waals surface area contributed by atoms with E-state index in [-0.39, 0.29) is 5.92 Å². The number of hydrogen-bond donors (Lipinski definition) is 0. The highest BCUT2D eigenvalue weighted by atomic mass is 32.1. The lowest BCUT2D eigenvalue weighted by atomic mass is 9.78. The fraction of sp³-hybridized carbons (Fsp3) is 0.667. The van der Waals surface area contributed by atoms with Crippen LogP contribution in [0.4, 0.5) is 0 Å². The Kier molecular flexibility index (Phi) is 3.52. The second-order valence-electron chi connectivity index (χ2n) is 4.37. The summed E-state index contributed by atoms with van der Waals surface area (Å²) in [7, 11) is 0. The van der Waals surface area contributed by atoms with Crippen LogP contribution in [0.2, 0.25) is 0 Å². The zero-order valence-electron chi connectivity index (χ0n) is 9.11. The number of carbonyl (C=O) groups is 1. The van der Waals surface area contributed by atoms with Gasteiger partial charge in [-0.1, -0.05) is 26.2 Å².